The summed E-state index contributed by atoms with van der Waals surface area (Å²) in [4.78, 5) is 11.0. The highest BCUT2D eigenvalue weighted by atomic mass is 32.2. The molecule has 1 atom stereocenters. The van der Waals surface area contributed by atoms with E-state index in [4.69, 9.17) is 0 Å². The molecule has 21 heavy (non-hydrogen) atoms. The number of esters is 1. The molecule has 0 saturated heterocycles. The molecule has 0 saturated carbocycles. The number of carbonyl (C=O) groups is 1. The van der Waals surface area contributed by atoms with Crippen molar-refractivity contribution in [1.29, 1.82) is 0 Å². The Morgan fingerprint density at radius 3 is 2.52 bits per heavy atom. The molecule has 0 radical (unpaired) electrons. The predicted molar refractivity (Wildman–Crippen MR) is 80.9 cm³/mol. The molecule has 0 spiro atoms. The zero-order valence-electron chi connectivity index (χ0n) is 12.6. The molecule has 0 heterocycles. The maximum Gasteiger partial charge on any atom is 0.306 e. The van der Waals surface area contributed by atoms with E-state index in [-0.39, 0.29) is 19.0 Å². The van der Waals surface area contributed by atoms with Gasteiger partial charge >= 0.3 is 5.97 Å². The van der Waals surface area contributed by atoms with Gasteiger partial charge in [0.1, 0.15) is 0 Å². The highest BCUT2D eigenvalue weighted by Crippen LogP contribution is 2.05. The van der Waals surface area contributed by atoms with Gasteiger partial charge in [0, 0.05) is 19.6 Å². The predicted octanol–water partition coefficient (Wildman–Crippen LogP) is 0.947. The van der Waals surface area contributed by atoms with Gasteiger partial charge in [0.15, 0.2) is 0 Å². The molecule has 0 amide bonds. The van der Waals surface area contributed by atoms with Crippen molar-refractivity contribution in [2.45, 2.75) is 25.8 Å². The van der Waals surface area contributed by atoms with Crippen LogP contribution in [0.3, 0.4) is 0 Å². The van der Waals surface area contributed by atoms with Crippen molar-refractivity contribution in [1.82, 2.24) is 9.03 Å². The molecular weight excluding hydrogens is 292 g/mol. The lowest BCUT2D eigenvalue weighted by Crippen LogP contribution is -2.44. The zero-order chi connectivity index (χ0) is 15.9. The van der Waals surface area contributed by atoms with E-state index in [1.165, 1.54) is 14.2 Å². The Morgan fingerprint density at radius 1 is 1.33 bits per heavy atom. The van der Waals surface area contributed by atoms with Crippen molar-refractivity contribution in [3.8, 4) is 0 Å². The number of nitrogens with zero attached hydrogens (tertiary/aromatic N) is 1. The quantitative estimate of drug-likeness (QED) is 0.725. The summed E-state index contributed by atoms with van der Waals surface area (Å²) < 4.78 is 32.4. The van der Waals surface area contributed by atoms with E-state index in [0.717, 1.165) is 9.87 Å². The molecule has 0 aliphatic carbocycles. The van der Waals surface area contributed by atoms with Crippen LogP contribution in [0.5, 0.6) is 0 Å². The van der Waals surface area contributed by atoms with Gasteiger partial charge in [0.05, 0.1) is 13.5 Å². The first-order chi connectivity index (χ1) is 9.85. The fourth-order valence-corrected chi connectivity index (χ4v) is 2.93. The highest BCUT2D eigenvalue weighted by molar-refractivity contribution is 7.87. The van der Waals surface area contributed by atoms with Crippen LogP contribution in [0.15, 0.2) is 30.3 Å². The van der Waals surface area contributed by atoms with Gasteiger partial charge in [0.2, 0.25) is 0 Å². The second-order valence-electron chi connectivity index (χ2n) is 4.86. The van der Waals surface area contributed by atoms with Gasteiger partial charge in [-0.25, -0.2) is 0 Å². The molecule has 1 aromatic carbocycles. The van der Waals surface area contributed by atoms with Crippen LogP contribution in [0.4, 0.5) is 0 Å². The Balaban J connectivity index is 2.52. The van der Waals surface area contributed by atoms with E-state index in [1.54, 1.807) is 6.92 Å². The smallest absolute Gasteiger partial charge is 0.306 e. The van der Waals surface area contributed by atoms with E-state index < -0.39 is 16.2 Å². The monoisotopic (exact) mass is 314 g/mol. The van der Waals surface area contributed by atoms with Gasteiger partial charge in [-0.15, -0.1) is 0 Å². The second kappa shape index (κ2) is 8.11. The molecular formula is C14H22N2O4S. The van der Waals surface area contributed by atoms with Crippen molar-refractivity contribution in [3.05, 3.63) is 35.9 Å². The third kappa shape index (κ3) is 6.24. The first-order valence-electron chi connectivity index (χ1n) is 6.69. The van der Waals surface area contributed by atoms with Gasteiger partial charge in [-0.3, -0.25) is 4.79 Å². The molecule has 0 bridgehead atoms. The van der Waals surface area contributed by atoms with E-state index in [1.807, 2.05) is 30.3 Å². The molecule has 1 N–H and O–H groups in total. The summed E-state index contributed by atoms with van der Waals surface area (Å²) in [5.41, 5.74) is 1.06. The number of rotatable bonds is 8. The molecule has 7 heteroatoms. The number of ether oxygens (including phenoxy) is 1. The SMILES string of the molecule is COC(=O)CCN(C)S(=O)(=O)NC(C)Cc1ccccc1. The molecule has 0 aliphatic rings. The number of methoxy groups -OCH3 is 1. The topological polar surface area (TPSA) is 75.7 Å². The van der Waals surface area contributed by atoms with E-state index in [0.29, 0.717) is 6.42 Å². The van der Waals surface area contributed by atoms with Crippen LogP contribution in [-0.4, -0.2) is 45.4 Å². The van der Waals surface area contributed by atoms with Gasteiger partial charge < -0.3 is 4.74 Å². The molecule has 0 aliphatic heterocycles. The van der Waals surface area contributed by atoms with Crippen LogP contribution < -0.4 is 4.72 Å². The van der Waals surface area contributed by atoms with Crippen molar-refractivity contribution < 1.29 is 17.9 Å². The fourth-order valence-electron chi connectivity index (χ4n) is 1.82. The van der Waals surface area contributed by atoms with E-state index in [9.17, 15) is 13.2 Å². The van der Waals surface area contributed by atoms with Gasteiger partial charge in [-0.2, -0.15) is 17.4 Å². The number of hydrogen-bond donors (Lipinski definition) is 1. The third-order valence-electron chi connectivity index (χ3n) is 3.00. The number of hydrogen-bond acceptors (Lipinski definition) is 4. The second-order valence-corrected chi connectivity index (χ2v) is 6.67. The van der Waals surface area contributed by atoms with Crippen LogP contribution in [0, 0.1) is 0 Å². The van der Waals surface area contributed by atoms with Crippen LogP contribution in [0.1, 0.15) is 18.9 Å². The molecule has 1 unspecified atom stereocenters. The summed E-state index contributed by atoms with van der Waals surface area (Å²) in [7, 11) is -0.902. The Bertz CT molecular complexity index is 545. The minimum Gasteiger partial charge on any atom is -0.469 e. The molecule has 1 rings (SSSR count). The van der Waals surface area contributed by atoms with Crippen LogP contribution in [0.25, 0.3) is 0 Å². The summed E-state index contributed by atoms with van der Waals surface area (Å²) in [6, 6.07) is 9.41. The molecule has 0 fully saturated rings. The van der Waals surface area contributed by atoms with Crippen molar-refractivity contribution in [2.24, 2.45) is 0 Å². The maximum atomic E-state index is 12.1. The molecule has 6 nitrogen and oxygen atoms in total. The summed E-state index contributed by atoms with van der Waals surface area (Å²) in [5.74, 6) is -0.436. The lowest BCUT2D eigenvalue weighted by atomic mass is 10.1. The van der Waals surface area contributed by atoms with Gasteiger partial charge in [-0.05, 0) is 18.9 Å². The van der Waals surface area contributed by atoms with Gasteiger partial charge in [0.25, 0.3) is 10.2 Å². The zero-order valence-corrected chi connectivity index (χ0v) is 13.4. The Kier molecular flexibility index (Phi) is 6.80. The molecule has 118 valence electrons. The minimum absolute atomic E-state index is 0.0287. The Morgan fingerprint density at radius 2 is 1.95 bits per heavy atom. The largest absolute Gasteiger partial charge is 0.469 e. The first-order valence-corrected chi connectivity index (χ1v) is 8.13. The lowest BCUT2D eigenvalue weighted by Gasteiger charge is -2.20. The average Bonchev–Trinajstić information content (AvgIpc) is 2.44. The summed E-state index contributed by atoms with van der Waals surface area (Å²) in [6.45, 7) is 1.89. The van der Waals surface area contributed by atoms with Gasteiger partial charge in [-0.1, -0.05) is 30.3 Å². The third-order valence-corrected chi connectivity index (χ3v) is 4.71. The highest BCUT2D eigenvalue weighted by Gasteiger charge is 2.21. The van der Waals surface area contributed by atoms with E-state index in [2.05, 4.69) is 9.46 Å². The van der Waals surface area contributed by atoms with Crippen molar-refractivity contribution in [3.63, 3.8) is 0 Å². The first kappa shape index (κ1) is 17.6. The van der Waals surface area contributed by atoms with Crippen LogP contribution >= 0.6 is 0 Å². The van der Waals surface area contributed by atoms with Crippen LogP contribution in [0.2, 0.25) is 0 Å². The van der Waals surface area contributed by atoms with Crippen LogP contribution in [-0.2, 0) is 26.2 Å². The molecule has 0 aromatic heterocycles. The fraction of sp³-hybridized carbons (Fsp3) is 0.500. The standard InChI is InChI=1S/C14H22N2O4S/c1-12(11-13-7-5-4-6-8-13)15-21(18,19)16(2)10-9-14(17)20-3/h4-8,12,15H,9-11H2,1-3H3. The van der Waals surface area contributed by atoms with Crippen molar-refractivity contribution in [2.75, 3.05) is 20.7 Å². The summed E-state index contributed by atoms with van der Waals surface area (Å²) >= 11 is 0. The summed E-state index contributed by atoms with van der Waals surface area (Å²) in [5, 5.41) is 0. The Hall–Kier alpha value is -1.44. The molecule has 1 aromatic rings. The lowest BCUT2D eigenvalue weighted by molar-refractivity contribution is -0.140. The number of nitrogens with one attached hydrogen (secondary N) is 1. The normalized spacial score (nSPS) is 13.1. The van der Waals surface area contributed by atoms with E-state index >= 15 is 0 Å². The number of carbonyl (C=O) groups excluding carboxylic acids is 1. The minimum atomic E-state index is -3.61. The maximum absolute atomic E-state index is 12.1. The Labute approximate surface area is 126 Å². The summed E-state index contributed by atoms with van der Waals surface area (Å²) in [6.07, 6.45) is 0.631. The number of benzene rings is 1. The van der Waals surface area contributed by atoms with Crippen molar-refractivity contribution >= 4 is 16.2 Å². The average molecular weight is 314 g/mol.